The molecule has 6 heteroatoms. The lowest BCUT2D eigenvalue weighted by molar-refractivity contribution is -0.145. The van der Waals surface area contributed by atoms with Crippen LogP contribution in [-0.4, -0.2) is 43.3 Å². The Morgan fingerprint density at radius 2 is 2.29 bits per heavy atom. The lowest BCUT2D eigenvalue weighted by Crippen LogP contribution is -2.47. The summed E-state index contributed by atoms with van der Waals surface area (Å²) in [6.07, 6.45) is 4.43. The average molecular weight is 294 g/mol. The second-order valence-electron chi connectivity index (χ2n) is 6.38. The van der Waals surface area contributed by atoms with Crippen molar-refractivity contribution >= 4 is 5.97 Å². The van der Waals surface area contributed by atoms with Gasteiger partial charge in [-0.3, -0.25) is 9.69 Å². The van der Waals surface area contributed by atoms with E-state index in [9.17, 15) is 9.90 Å². The van der Waals surface area contributed by atoms with Crippen LogP contribution in [0.5, 0.6) is 0 Å². The van der Waals surface area contributed by atoms with Gasteiger partial charge in [-0.1, -0.05) is 27.2 Å². The molecule has 0 aliphatic carbocycles. The molecule has 1 fully saturated rings. The summed E-state index contributed by atoms with van der Waals surface area (Å²) in [5.74, 6) is 1.16. The minimum Gasteiger partial charge on any atom is -0.480 e. The summed E-state index contributed by atoms with van der Waals surface area (Å²) in [6, 6.07) is -0.395. The molecule has 118 valence electrons. The van der Waals surface area contributed by atoms with Crippen LogP contribution in [0.4, 0.5) is 0 Å². The zero-order valence-electron chi connectivity index (χ0n) is 13.2. The highest BCUT2D eigenvalue weighted by Crippen LogP contribution is 2.26. The van der Waals surface area contributed by atoms with Crippen LogP contribution < -0.4 is 0 Å². The number of piperidine rings is 1. The Balaban J connectivity index is 2.07. The molecule has 0 aromatic carbocycles. The van der Waals surface area contributed by atoms with Crippen molar-refractivity contribution in [2.24, 2.45) is 11.8 Å². The smallest absolute Gasteiger partial charge is 0.320 e. The van der Waals surface area contributed by atoms with Crippen LogP contribution >= 0.6 is 0 Å². The molecule has 2 rings (SSSR count). The molecule has 2 heterocycles. The van der Waals surface area contributed by atoms with Crippen molar-refractivity contribution < 1.29 is 9.90 Å². The van der Waals surface area contributed by atoms with Crippen molar-refractivity contribution in [2.45, 2.75) is 59.2 Å². The molecule has 2 atom stereocenters. The van der Waals surface area contributed by atoms with Gasteiger partial charge in [0.15, 0.2) is 0 Å². The van der Waals surface area contributed by atoms with E-state index >= 15 is 0 Å². The largest absolute Gasteiger partial charge is 0.480 e. The molecular formula is C15H26N4O2. The van der Waals surface area contributed by atoms with E-state index < -0.39 is 12.0 Å². The van der Waals surface area contributed by atoms with E-state index in [1.54, 1.807) is 6.33 Å². The minimum absolute atomic E-state index is 0.395. The number of carboxylic acid groups (broad SMARTS) is 1. The lowest BCUT2D eigenvalue weighted by atomic mass is 9.89. The molecule has 0 spiro atoms. The number of hydrogen-bond acceptors (Lipinski definition) is 4. The average Bonchev–Trinajstić information content (AvgIpc) is 2.85. The maximum absolute atomic E-state index is 11.5. The van der Waals surface area contributed by atoms with Crippen molar-refractivity contribution in [3.8, 4) is 0 Å². The fourth-order valence-electron chi connectivity index (χ4n) is 2.99. The molecule has 21 heavy (non-hydrogen) atoms. The Hall–Kier alpha value is -1.43. The molecule has 0 radical (unpaired) electrons. The summed E-state index contributed by atoms with van der Waals surface area (Å²) < 4.78 is 1.90. The van der Waals surface area contributed by atoms with E-state index in [2.05, 4.69) is 30.9 Å². The number of aliphatic carboxylic acids is 1. The van der Waals surface area contributed by atoms with Gasteiger partial charge >= 0.3 is 5.97 Å². The predicted molar refractivity (Wildman–Crippen MR) is 79.7 cm³/mol. The highest BCUT2D eigenvalue weighted by Gasteiger charge is 2.33. The molecule has 1 aromatic rings. The van der Waals surface area contributed by atoms with E-state index in [4.69, 9.17) is 0 Å². The van der Waals surface area contributed by atoms with Crippen molar-refractivity contribution in [1.29, 1.82) is 0 Å². The number of aromatic nitrogens is 3. The van der Waals surface area contributed by atoms with Crippen molar-refractivity contribution in [2.75, 3.05) is 6.54 Å². The normalized spacial score (nSPS) is 23.6. The first kappa shape index (κ1) is 15.9. The van der Waals surface area contributed by atoms with Crippen LogP contribution in [0.2, 0.25) is 0 Å². The Morgan fingerprint density at radius 3 is 2.90 bits per heavy atom. The highest BCUT2D eigenvalue weighted by atomic mass is 16.4. The zero-order chi connectivity index (χ0) is 15.4. The van der Waals surface area contributed by atoms with Crippen LogP contribution in [-0.2, 0) is 17.9 Å². The fraction of sp³-hybridized carbons (Fsp3) is 0.800. The summed E-state index contributed by atoms with van der Waals surface area (Å²) in [5.41, 5.74) is 0. The first-order valence-corrected chi connectivity index (χ1v) is 7.84. The Morgan fingerprint density at radius 1 is 1.52 bits per heavy atom. The molecule has 2 unspecified atom stereocenters. The quantitative estimate of drug-likeness (QED) is 0.869. The van der Waals surface area contributed by atoms with Crippen molar-refractivity contribution in [1.82, 2.24) is 19.7 Å². The van der Waals surface area contributed by atoms with Gasteiger partial charge in [0.1, 0.15) is 18.2 Å². The van der Waals surface area contributed by atoms with E-state index in [0.717, 1.165) is 38.2 Å². The Kier molecular flexibility index (Phi) is 5.33. The number of nitrogens with zero attached hydrogens (tertiary/aromatic N) is 4. The molecule has 0 amide bonds. The van der Waals surface area contributed by atoms with Gasteiger partial charge in [-0.2, -0.15) is 5.10 Å². The van der Waals surface area contributed by atoms with Gasteiger partial charge in [0, 0.05) is 6.54 Å². The Labute approximate surface area is 126 Å². The van der Waals surface area contributed by atoms with Crippen LogP contribution in [0.3, 0.4) is 0 Å². The highest BCUT2D eigenvalue weighted by molar-refractivity contribution is 5.73. The summed E-state index contributed by atoms with van der Waals surface area (Å²) in [5, 5.41) is 13.7. The van der Waals surface area contributed by atoms with Gasteiger partial charge in [0.05, 0.1) is 6.54 Å². The number of rotatable bonds is 6. The molecular weight excluding hydrogens is 268 g/mol. The third-order valence-corrected chi connectivity index (χ3v) is 4.26. The van der Waals surface area contributed by atoms with E-state index in [1.807, 2.05) is 9.58 Å². The number of carboxylic acids is 1. The molecule has 1 aliphatic heterocycles. The topological polar surface area (TPSA) is 71.2 Å². The molecule has 0 saturated carbocycles. The van der Waals surface area contributed by atoms with E-state index in [-0.39, 0.29) is 0 Å². The second-order valence-corrected chi connectivity index (χ2v) is 6.38. The standard InChI is InChI=1S/C15H26N4O2/c1-4-12-5-6-18(13(7-12)15(20)21)9-14-16-10-17-19(14)8-11(2)3/h10-13H,4-9H2,1-3H3,(H,20,21). The molecule has 1 aromatic heterocycles. The van der Waals surface area contributed by atoms with Gasteiger partial charge in [-0.25, -0.2) is 9.67 Å². The van der Waals surface area contributed by atoms with Gasteiger partial charge in [0.25, 0.3) is 0 Å². The minimum atomic E-state index is -0.719. The zero-order valence-corrected chi connectivity index (χ0v) is 13.2. The van der Waals surface area contributed by atoms with Crippen LogP contribution in [0, 0.1) is 11.8 Å². The summed E-state index contributed by atoms with van der Waals surface area (Å²) >= 11 is 0. The summed E-state index contributed by atoms with van der Waals surface area (Å²) in [4.78, 5) is 17.9. The monoisotopic (exact) mass is 294 g/mol. The lowest BCUT2D eigenvalue weighted by Gasteiger charge is -2.36. The number of carbonyl (C=O) groups is 1. The van der Waals surface area contributed by atoms with E-state index in [0.29, 0.717) is 18.4 Å². The van der Waals surface area contributed by atoms with Crippen LogP contribution in [0.1, 0.15) is 45.9 Å². The Bertz CT molecular complexity index is 472. The first-order chi connectivity index (χ1) is 10.0. The molecule has 1 aliphatic rings. The van der Waals surface area contributed by atoms with Crippen LogP contribution in [0.25, 0.3) is 0 Å². The van der Waals surface area contributed by atoms with Gasteiger partial charge < -0.3 is 5.11 Å². The first-order valence-electron chi connectivity index (χ1n) is 7.84. The summed E-state index contributed by atoms with van der Waals surface area (Å²) in [6.45, 7) is 8.62. The maximum atomic E-state index is 11.5. The van der Waals surface area contributed by atoms with Crippen molar-refractivity contribution in [3.05, 3.63) is 12.2 Å². The second kappa shape index (κ2) is 7.02. The van der Waals surface area contributed by atoms with Gasteiger partial charge in [0.2, 0.25) is 0 Å². The SMILES string of the molecule is CCC1CCN(Cc2ncnn2CC(C)C)C(C(=O)O)C1. The predicted octanol–water partition coefficient (Wildman–Crippen LogP) is 2.01. The molecule has 6 nitrogen and oxygen atoms in total. The fourth-order valence-corrected chi connectivity index (χ4v) is 2.99. The molecule has 1 saturated heterocycles. The third-order valence-electron chi connectivity index (χ3n) is 4.26. The van der Waals surface area contributed by atoms with Gasteiger partial charge in [-0.15, -0.1) is 0 Å². The van der Waals surface area contributed by atoms with Crippen molar-refractivity contribution in [3.63, 3.8) is 0 Å². The summed E-state index contributed by atoms with van der Waals surface area (Å²) in [7, 11) is 0. The third kappa shape index (κ3) is 4.03. The number of hydrogen-bond donors (Lipinski definition) is 1. The van der Waals surface area contributed by atoms with Gasteiger partial charge in [-0.05, 0) is 31.2 Å². The molecule has 0 bridgehead atoms. The maximum Gasteiger partial charge on any atom is 0.320 e. The van der Waals surface area contributed by atoms with Crippen LogP contribution in [0.15, 0.2) is 6.33 Å². The molecule has 1 N–H and O–H groups in total. The van der Waals surface area contributed by atoms with E-state index in [1.165, 1.54) is 0 Å². The number of likely N-dealkylation sites (tertiary alicyclic amines) is 1.